The van der Waals surface area contributed by atoms with Crippen LogP contribution in [0.5, 0.6) is 0 Å². The van der Waals surface area contributed by atoms with Crippen LogP contribution in [-0.2, 0) is 19.3 Å². The number of aromatic nitrogens is 2. The second-order valence-corrected chi connectivity index (χ2v) is 8.46. The van der Waals surface area contributed by atoms with Crippen molar-refractivity contribution < 1.29 is 22.4 Å². The van der Waals surface area contributed by atoms with Crippen LogP contribution >= 0.6 is 11.3 Å². The maximum atomic E-state index is 14.1. The van der Waals surface area contributed by atoms with Gasteiger partial charge in [0.2, 0.25) is 0 Å². The summed E-state index contributed by atoms with van der Waals surface area (Å²) in [6.07, 6.45) is -3.24. The molecule has 1 amide bonds. The first-order valence-corrected chi connectivity index (χ1v) is 10.9. The minimum absolute atomic E-state index is 0.0183. The number of benzene rings is 1. The largest absolute Gasteiger partial charge is 0.467 e. The second kappa shape index (κ2) is 9.14. The number of thiophene rings is 1. The van der Waals surface area contributed by atoms with E-state index in [9.17, 15) is 18.0 Å². The molecular weight excluding hydrogens is 453 g/mol. The Labute approximate surface area is 192 Å². The fourth-order valence-electron chi connectivity index (χ4n) is 3.56. The highest BCUT2D eigenvalue weighted by atomic mass is 32.1. The van der Waals surface area contributed by atoms with E-state index < -0.39 is 11.9 Å². The number of carbonyl (C=O) groups is 1. The molecule has 0 radical (unpaired) electrons. The van der Waals surface area contributed by atoms with Crippen molar-refractivity contribution in [2.75, 3.05) is 19.0 Å². The van der Waals surface area contributed by atoms with Crippen LogP contribution in [0.4, 0.5) is 19.0 Å². The van der Waals surface area contributed by atoms with Crippen molar-refractivity contribution in [2.24, 2.45) is 0 Å². The molecule has 172 valence electrons. The molecule has 0 aliphatic heterocycles. The molecule has 0 atom stereocenters. The van der Waals surface area contributed by atoms with Gasteiger partial charge in [-0.05, 0) is 35.7 Å². The van der Waals surface area contributed by atoms with Gasteiger partial charge in [-0.15, -0.1) is 11.3 Å². The molecule has 0 aliphatic carbocycles. The number of amides is 1. The van der Waals surface area contributed by atoms with Crippen molar-refractivity contribution in [2.45, 2.75) is 19.3 Å². The summed E-state index contributed by atoms with van der Waals surface area (Å²) in [4.78, 5) is 16.6. The van der Waals surface area contributed by atoms with E-state index in [1.165, 1.54) is 27.2 Å². The predicted octanol–water partition coefficient (Wildman–Crippen LogP) is 5.45. The van der Waals surface area contributed by atoms with Crippen LogP contribution in [0.15, 0.2) is 70.7 Å². The lowest BCUT2D eigenvalue weighted by Gasteiger charge is -2.24. The highest BCUT2D eigenvalue weighted by molar-refractivity contribution is 7.12. The van der Waals surface area contributed by atoms with Crippen LogP contribution in [0.2, 0.25) is 0 Å². The van der Waals surface area contributed by atoms with Crippen LogP contribution in [0.3, 0.4) is 0 Å². The maximum Gasteiger partial charge on any atom is 0.435 e. The van der Waals surface area contributed by atoms with Gasteiger partial charge in [0, 0.05) is 19.7 Å². The Morgan fingerprint density at radius 3 is 2.39 bits per heavy atom. The molecule has 0 spiro atoms. The topological polar surface area (TPSA) is 54.5 Å². The van der Waals surface area contributed by atoms with Gasteiger partial charge < -0.3 is 14.2 Å². The van der Waals surface area contributed by atoms with Gasteiger partial charge in [0.05, 0.1) is 29.9 Å². The fourth-order valence-corrected chi connectivity index (χ4v) is 4.25. The summed E-state index contributed by atoms with van der Waals surface area (Å²) in [5.74, 6) is 0.332. The quantitative estimate of drug-likeness (QED) is 0.357. The lowest BCUT2D eigenvalue weighted by Crippen LogP contribution is -2.31. The lowest BCUT2D eigenvalue weighted by atomic mass is 10.1. The fraction of sp³-hybridized carbons (Fsp3) is 0.217. The molecule has 3 heterocycles. The zero-order valence-electron chi connectivity index (χ0n) is 17.9. The van der Waals surface area contributed by atoms with E-state index in [1.54, 1.807) is 79.0 Å². The number of hydrogen-bond acceptors (Lipinski definition) is 5. The Hall–Kier alpha value is -3.53. The molecule has 6 nitrogen and oxygen atoms in total. The van der Waals surface area contributed by atoms with Crippen molar-refractivity contribution in [1.29, 1.82) is 0 Å². The first-order chi connectivity index (χ1) is 15.8. The van der Waals surface area contributed by atoms with E-state index in [1.807, 2.05) is 0 Å². The summed E-state index contributed by atoms with van der Waals surface area (Å²) in [5.41, 5.74) is -0.633. The van der Waals surface area contributed by atoms with Gasteiger partial charge in [-0.3, -0.25) is 4.79 Å². The highest BCUT2D eigenvalue weighted by Crippen LogP contribution is 2.38. The summed E-state index contributed by atoms with van der Waals surface area (Å²) in [5, 5.41) is 5.68. The van der Waals surface area contributed by atoms with Gasteiger partial charge in [0.25, 0.3) is 5.91 Å². The summed E-state index contributed by atoms with van der Waals surface area (Å²) >= 11 is 1.23. The van der Waals surface area contributed by atoms with Gasteiger partial charge in [0.15, 0.2) is 5.69 Å². The third kappa shape index (κ3) is 4.80. The number of rotatable bonds is 7. The molecule has 10 heteroatoms. The first-order valence-electron chi connectivity index (χ1n) is 10.0. The van der Waals surface area contributed by atoms with E-state index in [0.717, 1.165) is 0 Å². The molecule has 0 unspecified atom stereocenters. The zero-order chi connectivity index (χ0) is 23.6. The van der Waals surface area contributed by atoms with Crippen LogP contribution in [0, 0.1) is 0 Å². The first kappa shape index (κ1) is 22.7. The van der Waals surface area contributed by atoms with Crippen LogP contribution in [-0.4, -0.2) is 34.7 Å². The Kier molecular flexibility index (Phi) is 6.28. The monoisotopic (exact) mass is 474 g/mol. The predicted molar refractivity (Wildman–Crippen MR) is 119 cm³/mol. The van der Waals surface area contributed by atoms with Gasteiger partial charge in [-0.1, -0.05) is 24.3 Å². The third-order valence-corrected chi connectivity index (χ3v) is 5.80. The maximum absolute atomic E-state index is 14.1. The number of para-hydroxylation sites is 1. The Morgan fingerprint density at radius 1 is 1.06 bits per heavy atom. The standard InChI is InChI=1S/C23H21F3N4O2S/c1-28(2)21-18(20(23(24,25)26)27-30(21)16-8-4-3-5-9-16)15-29(14-17-10-6-12-32-17)22(31)19-11-7-13-33-19/h3-13H,14-15H2,1-2H3. The molecule has 3 aromatic heterocycles. The van der Waals surface area contributed by atoms with Gasteiger partial charge in [0.1, 0.15) is 11.6 Å². The van der Waals surface area contributed by atoms with Crippen LogP contribution in [0.1, 0.15) is 26.7 Å². The molecule has 0 saturated carbocycles. The van der Waals surface area contributed by atoms with E-state index in [-0.39, 0.29) is 30.4 Å². The Balaban J connectivity index is 1.84. The van der Waals surface area contributed by atoms with Gasteiger partial charge in [-0.25, -0.2) is 4.68 Å². The third-order valence-electron chi connectivity index (χ3n) is 4.94. The molecule has 0 saturated heterocycles. The molecule has 0 fully saturated rings. The molecule has 0 N–H and O–H groups in total. The average Bonchev–Trinajstić information content (AvgIpc) is 3.53. The molecule has 33 heavy (non-hydrogen) atoms. The molecular formula is C23H21F3N4O2S. The molecule has 0 bridgehead atoms. The molecule has 0 aliphatic rings. The lowest BCUT2D eigenvalue weighted by molar-refractivity contribution is -0.142. The van der Waals surface area contributed by atoms with Crippen LogP contribution in [0.25, 0.3) is 5.69 Å². The minimum Gasteiger partial charge on any atom is -0.467 e. The highest BCUT2D eigenvalue weighted by Gasteiger charge is 2.41. The molecule has 1 aromatic carbocycles. The van der Waals surface area contributed by atoms with Crippen molar-refractivity contribution in [1.82, 2.24) is 14.7 Å². The second-order valence-electron chi connectivity index (χ2n) is 7.51. The van der Waals surface area contributed by atoms with Crippen LogP contribution < -0.4 is 4.90 Å². The van der Waals surface area contributed by atoms with E-state index >= 15 is 0 Å². The van der Waals surface area contributed by atoms with Crippen molar-refractivity contribution in [3.8, 4) is 5.69 Å². The van der Waals surface area contributed by atoms with Crippen molar-refractivity contribution in [3.63, 3.8) is 0 Å². The molecule has 4 aromatic rings. The summed E-state index contributed by atoms with van der Waals surface area (Å²) in [7, 11) is 3.30. The number of carbonyl (C=O) groups excluding carboxylic acids is 1. The van der Waals surface area contributed by atoms with E-state index in [2.05, 4.69) is 5.10 Å². The number of halogens is 3. The summed E-state index contributed by atoms with van der Waals surface area (Å²) in [6, 6.07) is 15.3. The number of nitrogens with zero attached hydrogens (tertiary/aromatic N) is 4. The SMILES string of the molecule is CN(C)c1c(CN(Cc2ccco2)C(=O)c2cccs2)c(C(F)(F)F)nn1-c1ccccc1. The van der Waals surface area contributed by atoms with Gasteiger partial charge >= 0.3 is 6.18 Å². The van der Waals surface area contributed by atoms with Crippen molar-refractivity contribution in [3.05, 3.63) is 88.1 Å². The van der Waals surface area contributed by atoms with E-state index in [4.69, 9.17) is 4.42 Å². The minimum atomic E-state index is -4.71. The zero-order valence-corrected chi connectivity index (χ0v) is 18.7. The summed E-state index contributed by atoms with van der Waals surface area (Å²) < 4.78 is 49.0. The Morgan fingerprint density at radius 2 is 1.82 bits per heavy atom. The smallest absolute Gasteiger partial charge is 0.435 e. The number of furan rings is 1. The summed E-state index contributed by atoms with van der Waals surface area (Å²) in [6.45, 7) is -0.281. The Bertz CT molecular complexity index is 1200. The number of alkyl halides is 3. The normalized spacial score (nSPS) is 11.5. The van der Waals surface area contributed by atoms with Gasteiger partial charge in [-0.2, -0.15) is 18.3 Å². The number of anilines is 1. The molecule has 4 rings (SSSR count). The van der Waals surface area contributed by atoms with Crippen molar-refractivity contribution >= 4 is 23.1 Å². The average molecular weight is 475 g/mol. The van der Waals surface area contributed by atoms with E-state index in [0.29, 0.717) is 16.3 Å². The number of hydrogen-bond donors (Lipinski definition) is 0.